The van der Waals surface area contributed by atoms with Crippen molar-refractivity contribution in [2.45, 2.75) is 31.3 Å². The third-order valence-corrected chi connectivity index (χ3v) is 4.17. The molecule has 3 rings (SSSR count). The Labute approximate surface area is 114 Å². The lowest BCUT2D eigenvalue weighted by Crippen LogP contribution is -2.34. The Hall–Kier alpha value is -1.76. The summed E-state index contributed by atoms with van der Waals surface area (Å²) in [6.45, 7) is 1.94. The molecule has 7 heteroatoms. The molecule has 1 aromatic carbocycles. The molecular formula is C13H15F2N3O2. The number of nitrogens with one attached hydrogen (secondary N) is 1. The van der Waals surface area contributed by atoms with Gasteiger partial charge in [-0.15, -0.1) is 0 Å². The molecule has 2 heterocycles. The van der Waals surface area contributed by atoms with Gasteiger partial charge in [-0.2, -0.15) is 0 Å². The second-order valence-electron chi connectivity index (χ2n) is 5.32. The molecule has 5 nitrogen and oxygen atoms in total. The normalized spacial score (nSPS) is 25.7. The summed E-state index contributed by atoms with van der Waals surface area (Å²) in [6.07, 6.45) is 2.92. The summed E-state index contributed by atoms with van der Waals surface area (Å²) in [5.41, 5.74) is -0.742. The van der Waals surface area contributed by atoms with Crippen LogP contribution in [-0.2, 0) is 0 Å². The minimum absolute atomic E-state index is 0.0174. The SMILES string of the molecule is O=[N+]([O-])c1cc(F)cc(F)c1NC1CCN2CCCC12. The van der Waals surface area contributed by atoms with Crippen molar-refractivity contribution >= 4 is 11.4 Å². The maximum atomic E-state index is 13.8. The molecule has 0 aromatic heterocycles. The van der Waals surface area contributed by atoms with Crippen LogP contribution in [0.4, 0.5) is 20.2 Å². The molecule has 2 aliphatic rings. The van der Waals surface area contributed by atoms with Crippen molar-refractivity contribution in [1.29, 1.82) is 0 Å². The summed E-state index contributed by atoms with van der Waals surface area (Å²) in [4.78, 5) is 12.5. The zero-order chi connectivity index (χ0) is 14.3. The van der Waals surface area contributed by atoms with Crippen molar-refractivity contribution < 1.29 is 13.7 Å². The van der Waals surface area contributed by atoms with Gasteiger partial charge in [0.1, 0.15) is 11.5 Å². The molecule has 1 aromatic rings. The molecule has 20 heavy (non-hydrogen) atoms. The zero-order valence-corrected chi connectivity index (χ0v) is 10.8. The van der Waals surface area contributed by atoms with Gasteiger partial charge in [-0.1, -0.05) is 0 Å². The van der Waals surface area contributed by atoms with Crippen molar-refractivity contribution in [3.8, 4) is 0 Å². The molecule has 2 aliphatic heterocycles. The van der Waals surface area contributed by atoms with Gasteiger partial charge in [0.2, 0.25) is 0 Å². The second-order valence-corrected chi connectivity index (χ2v) is 5.32. The quantitative estimate of drug-likeness (QED) is 0.684. The van der Waals surface area contributed by atoms with E-state index in [-0.39, 0.29) is 11.7 Å². The van der Waals surface area contributed by atoms with Crippen LogP contribution in [-0.4, -0.2) is 35.0 Å². The highest BCUT2D eigenvalue weighted by atomic mass is 19.1. The zero-order valence-electron chi connectivity index (χ0n) is 10.8. The summed E-state index contributed by atoms with van der Waals surface area (Å²) in [5, 5.41) is 13.9. The van der Waals surface area contributed by atoms with Gasteiger partial charge in [0.15, 0.2) is 5.82 Å². The average Bonchev–Trinajstić information content (AvgIpc) is 2.96. The number of benzene rings is 1. The van der Waals surface area contributed by atoms with E-state index in [4.69, 9.17) is 0 Å². The first-order valence-corrected chi connectivity index (χ1v) is 6.70. The number of hydrogen-bond acceptors (Lipinski definition) is 4. The van der Waals surface area contributed by atoms with Gasteiger partial charge < -0.3 is 5.32 Å². The molecule has 0 spiro atoms. The van der Waals surface area contributed by atoms with E-state index in [9.17, 15) is 18.9 Å². The van der Waals surface area contributed by atoms with Crippen LogP contribution in [0.3, 0.4) is 0 Å². The number of nitro benzene ring substituents is 1. The van der Waals surface area contributed by atoms with E-state index >= 15 is 0 Å². The van der Waals surface area contributed by atoms with Gasteiger partial charge in [-0.25, -0.2) is 8.78 Å². The third kappa shape index (κ3) is 2.22. The molecule has 0 amide bonds. The Kier molecular flexibility index (Phi) is 3.29. The van der Waals surface area contributed by atoms with Crippen LogP contribution in [0.5, 0.6) is 0 Å². The monoisotopic (exact) mass is 283 g/mol. The van der Waals surface area contributed by atoms with Gasteiger partial charge in [0, 0.05) is 24.7 Å². The van der Waals surface area contributed by atoms with Crippen LogP contribution in [0.2, 0.25) is 0 Å². The first-order chi connectivity index (χ1) is 9.56. The summed E-state index contributed by atoms with van der Waals surface area (Å²) < 4.78 is 27.0. The molecule has 108 valence electrons. The Balaban J connectivity index is 1.88. The summed E-state index contributed by atoms with van der Waals surface area (Å²) >= 11 is 0. The molecule has 2 fully saturated rings. The van der Waals surface area contributed by atoms with E-state index in [0.717, 1.165) is 38.4 Å². The van der Waals surface area contributed by atoms with Crippen LogP contribution in [0.1, 0.15) is 19.3 Å². The lowest BCUT2D eigenvalue weighted by molar-refractivity contribution is -0.384. The average molecular weight is 283 g/mol. The Morgan fingerprint density at radius 1 is 1.30 bits per heavy atom. The van der Waals surface area contributed by atoms with Crippen LogP contribution in [0.25, 0.3) is 0 Å². The van der Waals surface area contributed by atoms with Crippen molar-refractivity contribution in [2.24, 2.45) is 0 Å². The topological polar surface area (TPSA) is 58.4 Å². The largest absolute Gasteiger partial charge is 0.373 e. The van der Waals surface area contributed by atoms with Crippen molar-refractivity contribution in [3.05, 3.63) is 33.9 Å². The Morgan fingerprint density at radius 3 is 2.85 bits per heavy atom. The highest BCUT2D eigenvalue weighted by molar-refractivity contribution is 5.63. The fraction of sp³-hybridized carbons (Fsp3) is 0.538. The van der Waals surface area contributed by atoms with Crippen molar-refractivity contribution in [1.82, 2.24) is 4.90 Å². The molecular weight excluding hydrogens is 268 g/mol. The van der Waals surface area contributed by atoms with Crippen LogP contribution in [0, 0.1) is 21.7 Å². The van der Waals surface area contributed by atoms with Gasteiger partial charge in [0.05, 0.1) is 11.0 Å². The number of nitrogens with zero attached hydrogens (tertiary/aromatic N) is 2. The van der Waals surface area contributed by atoms with Gasteiger partial charge in [-0.3, -0.25) is 15.0 Å². The van der Waals surface area contributed by atoms with Crippen LogP contribution >= 0.6 is 0 Å². The highest BCUT2D eigenvalue weighted by Gasteiger charge is 2.38. The highest BCUT2D eigenvalue weighted by Crippen LogP contribution is 2.34. The lowest BCUT2D eigenvalue weighted by Gasteiger charge is -2.22. The van der Waals surface area contributed by atoms with Crippen LogP contribution < -0.4 is 5.32 Å². The number of anilines is 1. The maximum Gasteiger partial charge on any atom is 0.298 e. The second kappa shape index (κ2) is 4.97. The minimum Gasteiger partial charge on any atom is -0.373 e. The smallest absolute Gasteiger partial charge is 0.298 e. The standard InChI is InChI=1S/C13H15F2N3O2/c14-8-6-9(15)13(12(7-8)18(19)20)16-10-3-5-17-4-1-2-11(10)17/h6-7,10-11,16H,1-5H2. The number of hydrogen-bond donors (Lipinski definition) is 1. The molecule has 2 saturated heterocycles. The first kappa shape index (κ1) is 13.2. The maximum absolute atomic E-state index is 13.8. The molecule has 0 aliphatic carbocycles. The molecule has 0 radical (unpaired) electrons. The number of fused-ring (bicyclic) bond motifs is 1. The van der Waals surface area contributed by atoms with E-state index in [1.165, 1.54) is 0 Å². The summed E-state index contributed by atoms with van der Waals surface area (Å²) in [6, 6.07) is 1.71. The van der Waals surface area contributed by atoms with E-state index in [0.29, 0.717) is 12.1 Å². The fourth-order valence-electron chi connectivity index (χ4n) is 3.28. The predicted octanol–water partition coefficient (Wildman–Crippen LogP) is 2.52. The molecule has 2 atom stereocenters. The fourth-order valence-corrected chi connectivity index (χ4v) is 3.28. The van der Waals surface area contributed by atoms with E-state index in [1.807, 2.05) is 0 Å². The van der Waals surface area contributed by atoms with Crippen molar-refractivity contribution in [3.63, 3.8) is 0 Å². The predicted molar refractivity (Wildman–Crippen MR) is 69.6 cm³/mol. The van der Waals surface area contributed by atoms with Gasteiger partial charge >= 0.3 is 0 Å². The number of rotatable bonds is 3. The minimum atomic E-state index is -0.936. The summed E-state index contributed by atoms with van der Waals surface area (Å²) in [7, 11) is 0. The van der Waals surface area contributed by atoms with Gasteiger partial charge in [0.25, 0.3) is 5.69 Å². The molecule has 2 unspecified atom stereocenters. The van der Waals surface area contributed by atoms with Crippen LogP contribution in [0.15, 0.2) is 12.1 Å². The van der Waals surface area contributed by atoms with E-state index < -0.39 is 22.2 Å². The molecule has 0 bridgehead atoms. The van der Waals surface area contributed by atoms with E-state index in [1.54, 1.807) is 0 Å². The van der Waals surface area contributed by atoms with E-state index in [2.05, 4.69) is 10.2 Å². The van der Waals surface area contributed by atoms with Gasteiger partial charge in [-0.05, 0) is 25.8 Å². The Bertz CT molecular complexity index is 553. The molecule has 1 N–H and O–H groups in total. The number of halogens is 2. The summed E-state index contributed by atoms with van der Waals surface area (Å²) in [5.74, 6) is -1.85. The van der Waals surface area contributed by atoms with Crippen molar-refractivity contribution in [2.75, 3.05) is 18.4 Å². The Morgan fingerprint density at radius 2 is 2.10 bits per heavy atom. The molecule has 0 saturated carbocycles. The number of nitro groups is 1. The third-order valence-electron chi connectivity index (χ3n) is 4.17. The first-order valence-electron chi connectivity index (χ1n) is 6.70. The lowest BCUT2D eigenvalue weighted by atomic mass is 10.1.